The number of hydrogen-bond donors (Lipinski definition) is 1. The molecule has 1 amide bonds. The van der Waals surface area contributed by atoms with Crippen LogP contribution in [0.2, 0.25) is 0 Å². The molecule has 3 nitrogen and oxygen atoms in total. The van der Waals surface area contributed by atoms with E-state index in [9.17, 15) is 4.79 Å². The van der Waals surface area contributed by atoms with Crippen LogP contribution >= 0.6 is 12.2 Å². The lowest BCUT2D eigenvalue weighted by atomic mass is 9.94. The van der Waals surface area contributed by atoms with Gasteiger partial charge in [-0.15, -0.1) is 0 Å². The van der Waals surface area contributed by atoms with Gasteiger partial charge in [-0.25, -0.2) is 0 Å². The first-order valence-corrected chi connectivity index (χ1v) is 7.63. The summed E-state index contributed by atoms with van der Waals surface area (Å²) >= 11 is 4.92. The Morgan fingerprint density at radius 2 is 1.85 bits per heavy atom. The fourth-order valence-electron chi connectivity index (χ4n) is 2.76. The summed E-state index contributed by atoms with van der Waals surface area (Å²) in [7, 11) is 1.93. The smallest absolute Gasteiger partial charge is 0.226 e. The van der Waals surface area contributed by atoms with Crippen molar-refractivity contribution in [3.8, 4) is 0 Å². The fraction of sp³-hybridized carbons (Fsp3) is 0.500. The van der Waals surface area contributed by atoms with Crippen LogP contribution in [0.5, 0.6) is 0 Å². The third-order valence-electron chi connectivity index (χ3n) is 4.11. The van der Waals surface area contributed by atoms with Gasteiger partial charge in [-0.05, 0) is 18.4 Å². The molecule has 0 saturated heterocycles. The highest BCUT2D eigenvalue weighted by Crippen LogP contribution is 2.22. The van der Waals surface area contributed by atoms with Gasteiger partial charge in [-0.3, -0.25) is 4.79 Å². The quantitative estimate of drug-likeness (QED) is 0.867. The molecule has 1 aromatic carbocycles. The maximum absolute atomic E-state index is 12.3. The number of nitrogens with two attached hydrogens (primary N) is 1. The molecule has 0 atom stereocenters. The normalized spacial score (nSPS) is 15.8. The summed E-state index contributed by atoms with van der Waals surface area (Å²) < 4.78 is 0. The van der Waals surface area contributed by atoms with Crippen molar-refractivity contribution in [3.63, 3.8) is 0 Å². The van der Waals surface area contributed by atoms with Crippen molar-refractivity contribution in [2.75, 3.05) is 7.05 Å². The number of hydrogen-bond acceptors (Lipinski definition) is 2. The second-order valence-corrected chi connectivity index (χ2v) is 5.97. The van der Waals surface area contributed by atoms with Gasteiger partial charge in [0, 0.05) is 18.7 Å². The van der Waals surface area contributed by atoms with E-state index in [0.717, 1.165) is 24.0 Å². The Hall–Kier alpha value is -1.42. The summed E-state index contributed by atoms with van der Waals surface area (Å²) in [5, 5.41) is 0. The van der Waals surface area contributed by atoms with Crippen molar-refractivity contribution in [1.82, 2.24) is 4.90 Å². The van der Waals surface area contributed by atoms with Crippen LogP contribution in [0.1, 0.15) is 43.2 Å². The number of nitrogens with zero attached hydrogens (tertiary/aromatic N) is 1. The first kappa shape index (κ1) is 15.0. The minimum absolute atomic E-state index is 0.194. The monoisotopic (exact) mass is 290 g/mol. The molecule has 2 rings (SSSR count). The lowest BCUT2D eigenvalue weighted by Crippen LogP contribution is -2.39. The van der Waals surface area contributed by atoms with Crippen LogP contribution in [0.25, 0.3) is 0 Å². The summed E-state index contributed by atoms with van der Waals surface area (Å²) in [6, 6.07) is 8.05. The van der Waals surface area contributed by atoms with Gasteiger partial charge in [0.2, 0.25) is 5.91 Å². The van der Waals surface area contributed by atoms with E-state index in [1.165, 1.54) is 19.3 Å². The van der Waals surface area contributed by atoms with Gasteiger partial charge in [0.1, 0.15) is 4.99 Å². The molecular weight excluding hydrogens is 268 g/mol. The molecule has 1 fully saturated rings. The molecule has 0 radical (unpaired) electrons. The lowest BCUT2D eigenvalue weighted by molar-refractivity contribution is -0.131. The number of likely N-dealkylation sites (N-methyl/N-ethyl adjacent to an activating group) is 1. The van der Waals surface area contributed by atoms with Crippen molar-refractivity contribution in [2.45, 2.75) is 44.6 Å². The molecule has 2 N–H and O–H groups in total. The van der Waals surface area contributed by atoms with E-state index in [-0.39, 0.29) is 5.91 Å². The zero-order chi connectivity index (χ0) is 14.5. The molecule has 108 valence electrons. The molecule has 0 bridgehead atoms. The van der Waals surface area contributed by atoms with Crippen LogP contribution in [-0.4, -0.2) is 28.9 Å². The molecule has 1 saturated carbocycles. The topological polar surface area (TPSA) is 46.3 Å². The van der Waals surface area contributed by atoms with E-state index in [0.29, 0.717) is 17.5 Å². The van der Waals surface area contributed by atoms with Gasteiger partial charge in [0.15, 0.2) is 0 Å². The average Bonchev–Trinajstić information content (AvgIpc) is 2.48. The van der Waals surface area contributed by atoms with Gasteiger partial charge >= 0.3 is 0 Å². The van der Waals surface area contributed by atoms with Crippen molar-refractivity contribution < 1.29 is 4.79 Å². The summed E-state index contributed by atoms with van der Waals surface area (Å²) in [5.41, 5.74) is 7.42. The largest absolute Gasteiger partial charge is 0.389 e. The minimum Gasteiger partial charge on any atom is -0.389 e. The lowest BCUT2D eigenvalue weighted by Gasteiger charge is -2.31. The second kappa shape index (κ2) is 6.84. The number of carbonyl (C=O) groups excluding carboxylic acids is 1. The van der Waals surface area contributed by atoms with Crippen LogP contribution < -0.4 is 5.73 Å². The summed E-state index contributed by atoms with van der Waals surface area (Å²) in [5.74, 6) is 0.194. The second-order valence-electron chi connectivity index (χ2n) is 5.53. The third-order valence-corrected chi connectivity index (χ3v) is 4.35. The molecular formula is C16H22N2OS. The minimum atomic E-state index is 0.194. The van der Waals surface area contributed by atoms with E-state index in [4.69, 9.17) is 18.0 Å². The SMILES string of the molecule is CN(C(=O)Cc1ccc(C(N)=S)cc1)C1CCCCC1. The van der Waals surface area contributed by atoms with E-state index in [1.807, 2.05) is 36.2 Å². The van der Waals surface area contributed by atoms with Gasteiger partial charge in [-0.2, -0.15) is 0 Å². The Labute approximate surface area is 126 Å². The molecule has 1 aromatic rings. The van der Waals surface area contributed by atoms with Gasteiger partial charge in [-0.1, -0.05) is 55.7 Å². The van der Waals surface area contributed by atoms with Crippen LogP contribution in [0, 0.1) is 0 Å². The Morgan fingerprint density at radius 3 is 2.40 bits per heavy atom. The number of amides is 1. The molecule has 20 heavy (non-hydrogen) atoms. The van der Waals surface area contributed by atoms with Gasteiger partial charge in [0.25, 0.3) is 0 Å². The molecule has 1 aliphatic carbocycles. The van der Waals surface area contributed by atoms with Crippen LogP contribution in [-0.2, 0) is 11.2 Å². The number of carbonyl (C=O) groups is 1. The Kier molecular flexibility index (Phi) is 5.12. The summed E-state index contributed by atoms with van der Waals surface area (Å²) in [6.45, 7) is 0. The van der Waals surface area contributed by atoms with Crippen LogP contribution in [0.3, 0.4) is 0 Å². The van der Waals surface area contributed by atoms with Gasteiger partial charge in [0.05, 0.1) is 6.42 Å². The highest BCUT2D eigenvalue weighted by Gasteiger charge is 2.21. The third kappa shape index (κ3) is 3.79. The molecule has 0 spiro atoms. The Bertz CT molecular complexity index is 478. The molecule has 0 unspecified atom stereocenters. The van der Waals surface area contributed by atoms with E-state index in [2.05, 4.69) is 0 Å². The Balaban J connectivity index is 1.94. The maximum Gasteiger partial charge on any atom is 0.226 e. The summed E-state index contributed by atoms with van der Waals surface area (Å²) in [4.78, 5) is 14.6. The maximum atomic E-state index is 12.3. The average molecular weight is 290 g/mol. The Morgan fingerprint density at radius 1 is 1.25 bits per heavy atom. The number of thiocarbonyl (C=S) groups is 1. The molecule has 4 heteroatoms. The van der Waals surface area contributed by atoms with Gasteiger partial charge < -0.3 is 10.6 Å². The van der Waals surface area contributed by atoms with Crippen LogP contribution in [0.4, 0.5) is 0 Å². The zero-order valence-corrected chi connectivity index (χ0v) is 12.8. The van der Waals surface area contributed by atoms with E-state index < -0.39 is 0 Å². The first-order valence-electron chi connectivity index (χ1n) is 7.22. The van der Waals surface area contributed by atoms with Crippen LogP contribution in [0.15, 0.2) is 24.3 Å². The number of benzene rings is 1. The predicted octanol–water partition coefficient (Wildman–Crippen LogP) is 2.65. The van der Waals surface area contributed by atoms with Crippen molar-refractivity contribution in [3.05, 3.63) is 35.4 Å². The standard InChI is InChI=1S/C16H22N2OS/c1-18(14-5-3-2-4-6-14)15(19)11-12-7-9-13(10-8-12)16(17)20/h7-10,14H,2-6,11H2,1H3,(H2,17,20). The molecule has 0 heterocycles. The highest BCUT2D eigenvalue weighted by molar-refractivity contribution is 7.80. The number of rotatable bonds is 4. The summed E-state index contributed by atoms with van der Waals surface area (Å²) in [6.07, 6.45) is 6.52. The van der Waals surface area contributed by atoms with Crippen molar-refractivity contribution in [1.29, 1.82) is 0 Å². The van der Waals surface area contributed by atoms with Crippen molar-refractivity contribution >= 4 is 23.1 Å². The highest BCUT2D eigenvalue weighted by atomic mass is 32.1. The van der Waals surface area contributed by atoms with Crippen molar-refractivity contribution in [2.24, 2.45) is 5.73 Å². The fourth-order valence-corrected chi connectivity index (χ4v) is 2.89. The molecule has 0 aliphatic heterocycles. The zero-order valence-electron chi connectivity index (χ0n) is 12.0. The van der Waals surface area contributed by atoms with E-state index >= 15 is 0 Å². The predicted molar refractivity (Wildman–Crippen MR) is 85.7 cm³/mol. The first-order chi connectivity index (χ1) is 9.58. The molecule has 0 aromatic heterocycles. The molecule has 1 aliphatic rings. The van der Waals surface area contributed by atoms with E-state index in [1.54, 1.807) is 0 Å².